The van der Waals surface area contributed by atoms with E-state index in [9.17, 15) is 14.4 Å². The number of rotatable bonds is 5. The second kappa shape index (κ2) is 7.40. The standard InChI is InChI=1S/C20H21N5O3/c21-14-5-6-23-15(8-14)10-22-9-12-1-2-13-11-25(20(28)16(13)7-12)17-3-4-18(26)24-19(17)27/h1-2,5-8,17,22H,3-4,9-11H2,(H2,21,23)(H,24,26,27). The van der Waals surface area contributed by atoms with E-state index < -0.39 is 11.9 Å². The average molecular weight is 379 g/mol. The van der Waals surface area contributed by atoms with Gasteiger partial charge in [0.2, 0.25) is 11.8 Å². The van der Waals surface area contributed by atoms with Gasteiger partial charge in [-0.15, -0.1) is 0 Å². The van der Waals surface area contributed by atoms with Crippen molar-refractivity contribution in [2.45, 2.75) is 38.5 Å². The molecule has 1 saturated heterocycles. The Morgan fingerprint density at radius 2 is 2.04 bits per heavy atom. The molecule has 3 heterocycles. The van der Waals surface area contributed by atoms with Crippen LogP contribution in [0.3, 0.4) is 0 Å². The zero-order valence-electron chi connectivity index (χ0n) is 15.3. The van der Waals surface area contributed by atoms with Gasteiger partial charge < -0.3 is 16.0 Å². The number of fused-ring (bicyclic) bond motifs is 1. The van der Waals surface area contributed by atoms with E-state index in [0.29, 0.717) is 37.3 Å². The van der Waals surface area contributed by atoms with Gasteiger partial charge in [-0.3, -0.25) is 24.7 Å². The van der Waals surface area contributed by atoms with Gasteiger partial charge in [-0.2, -0.15) is 0 Å². The number of hydrogen-bond donors (Lipinski definition) is 3. The van der Waals surface area contributed by atoms with E-state index in [1.54, 1.807) is 17.2 Å². The molecule has 2 aliphatic heterocycles. The summed E-state index contributed by atoms with van der Waals surface area (Å²) in [5.74, 6) is -0.841. The SMILES string of the molecule is Nc1ccnc(CNCc2ccc3c(c2)C(=O)N(C2CCC(=O)NC2=O)C3)c1. The summed E-state index contributed by atoms with van der Waals surface area (Å²) in [6, 6.07) is 8.73. The Morgan fingerprint density at radius 1 is 1.18 bits per heavy atom. The first-order valence-electron chi connectivity index (χ1n) is 9.19. The summed E-state index contributed by atoms with van der Waals surface area (Å²) in [5, 5.41) is 5.61. The molecule has 28 heavy (non-hydrogen) atoms. The van der Waals surface area contributed by atoms with Gasteiger partial charge in [-0.1, -0.05) is 12.1 Å². The summed E-state index contributed by atoms with van der Waals surface area (Å²) in [7, 11) is 0. The highest BCUT2D eigenvalue weighted by molar-refractivity contribution is 6.05. The maximum atomic E-state index is 12.8. The van der Waals surface area contributed by atoms with Crippen LogP contribution in [0.25, 0.3) is 0 Å². The molecule has 4 N–H and O–H groups in total. The molecule has 8 nitrogen and oxygen atoms in total. The molecule has 1 fully saturated rings. The first-order valence-corrected chi connectivity index (χ1v) is 9.19. The molecule has 3 amide bonds. The number of hydrogen-bond acceptors (Lipinski definition) is 6. The number of piperidine rings is 1. The molecule has 1 atom stereocenters. The monoisotopic (exact) mass is 379 g/mol. The number of pyridine rings is 1. The molecule has 144 valence electrons. The van der Waals surface area contributed by atoms with Crippen molar-refractivity contribution in [1.29, 1.82) is 0 Å². The van der Waals surface area contributed by atoms with Gasteiger partial charge in [0.15, 0.2) is 0 Å². The van der Waals surface area contributed by atoms with Crippen molar-refractivity contribution in [3.05, 3.63) is 58.9 Å². The Labute approximate surface area is 162 Å². The summed E-state index contributed by atoms with van der Waals surface area (Å²) < 4.78 is 0. The van der Waals surface area contributed by atoms with Crippen LogP contribution in [0.1, 0.15) is 40.0 Å². The predicted octanol–water partition coefficient (Wildman–Crippen LogP) is 0.715. The zero-order valence-corrected chi connectivity index (χ0v) is 15.3. The Balaban J connectivity index is 1.41. The van der Waals surface area contributed by atoms with Gasteiger partial charge in [-0.25, -0.2) is 0 Å². The Bertz CT molecular complexity index is 959. The molecule has 2 aliphatic rings. The van der Waals surface area contributed by atoms with Crippen molar-refractivity contribution in [1.82, 2.24) is 20.5 Å². The largest absolute Gasteiger partial charge is 0.399 e. The van der Waals surface area contributed by atoms with Crippen molar-refractivity contribution < 1.29 is 14.4 Å². The third-order valence-electron chi connectivity index (χ3n) is 5.07. The second-order valence-corrected chi connectivity index (χ2v) is 7.08. The van der Waals surface area contributed by atoms with Crippen molar-refractivity contribution in [3.8, 4) is 0 Å². The lowest BCUT2D eigenvalue weighted by atomic mass is 10.0. The number of nitrogens with two attached hydrogens (primary N) is 1. The van der Waals surface area contributed by atoms with Crippen LogP contribution in [0.2, 0.25) is 0 Å². The van der Waals surface area contributed by atoms with Crippen molar-refractivity contribution >= 4 is 23.4 Å². The van der Waals surface area contributed by atoms with Crippen LogP contribution in [0.15, 0.2) is 36.5 Å². The maximum absolute atomic E-state index is 12.8. The summed E-state index contributed by atoms with van der Waals surface area (Å²) >= 11 is 0. The van der Waals surface area contributed by atoms with E-state index >= 15 is 0 Å². The van der Waals surface area contributed by atoms with Crippen molar-refractivity contribution in [3.63, 3.8) is 0 Å². The van der Waals surface area contributed by atoms with E-state index in [1.807, 2.05) is 24.3 Å². The third-order valence-corrected chi connectivity index (χ3v) is 5.07. The number of amides is 3. The number of anilines is 1. The molecule has 2 aromatic rings. The minimum Gasteiger partial charge on any atom is -0.399 e. The summed E-state index contributed by atoms with van der Waals surface area (Å²) in [5.41, 5.74) is 9.76. The quantitative estimate of drug-likeness (QED) is 0.659. The van der Waals surface area contributed by atoms with E-state index in [4.69, 9.17) is 5.73 Å². The number of nitrogens with zero attached hydrogens (tertiary/aromatic N) is 2. The fourth-order valence-electron chi connectivity index (χ4n) is 3.64. The molecule has 1 aromatic heterocycles. The molecule has 0 saturated carbocycles. The lowest BCUT2D eigenvalue weighted by molar-refractivity contribution is -0.136. The number of nitrogens with one attached hydrogen (secondary N) is 2. The number of benzene rings is 1. The van der Waals surface area contributed by atoms with Crippen LogP contribution in [0.5, 0.6) is 0 Å². The fourth-order valence-corrected chi connectivity index (χ4v) is 3.64. The van der Waals surface area contributed by atoms with Gasteiger partial charge in [-0.05, 0) is 35.7 Å². The Morgan fingerprint density at radius 3 is 2.82 bits per heavy atom. The highest BCUT2D eigenvalue weighted by Gasteiger charge is 2.38. The summed E-state index contributed by atoms with van der Waals surface area (Å²) in [6.45, 7) is 1.54. The molecule has 1 unspecified atom stereocenters. The topological polar surface area (TPSA) is 117 Å². The Hall–Kier alpha value is -3.26. The predicted molar refractivity (Wildman–Crippen MR) is 102 cm³/mol. The van der Waals surface area contributed by atoms with E-state index in [1.165, 1.54) is 0 Å². The van der Waals surface area contributed by atoms with Gasteiger partial charge in [0, 0.05) is 43.5 Å². The molecule has 0 aliphatic carbocycles. The second-order valence-electron chi connectivity index (χ2n) is 7.08. The van der Waals surface area contributed by atoms with Gasteiger partial charge in [0.05, 0.1) is 5.69 Å². The highest BCUT2D eigenvalue weighted by Crippen LogP contribution is 2.28. The Kier molecular flexibility index (Phi) is 4.79. The van der Waals surface area contributed by atoms with Crippen LogP contribution in [0.4, 0.5) is 5.69 Å². The molecule has 0 spiro atoms. The minimum atomic E-state index is -0.589. The number of carbonyl (C=O) groups is 3. The minimum absolute atomic E-state index is 0.163. The normalized spacial score (nSPS) is 18.9. The van der Waals surface area contributed by atoms with E-state index in [2.05, 4.69) is 15.6 Å². The smallest absolute Gasteiger partial charge is 0.255 e. The van der Waals surface area contributed by atoms with Crippen LogP contribution in [-0.2, 0) is 29.2 Å². The number of carbonyl (C=O) groups excluding carboxylic acids is 3. The molecular formula is C20H21N5O3. The molecule has 4 rings (SSSR count). The van der Waals surface area contributed by atoms with Crippen LogP contribution in [-0.4, -0.2) is 33.6 Å². The fraction of sp³-hybridized carbons (Fsp3) is 0.300. The summed E-state index contributed by atoms with van der Waals surface area (Å²) in [6.07, 6.45) is 2.29. The molecule has 8 heteroatoms. The van der Waals surface area contributed by atoms with Gasteiger partial charge >= 0.3 is 0 Å². The van der Waals surface area contributed by atoms with Crippen LogP contribution < -0.4 is 16.4 Å². The number of imide groups is 1. The average Bonchev–Trinajstić information content (AvgIpc) is 2.98. The zero-order chi connectivity index (χ0) is 19.7. The molecule has 1 aromatic carbocycles. The van der Waals surface area contributed by atoms with Crippen LogP contribution >= 0.6 is 0 Å². The lowest BCUT2D eigenvalue weighted by Gasteiger charge is -2.29. The van der Waals surface area contributed by atoms with Gasteiger partial charge in [0.1, 0.15) is 6.04 Å². The van der Waals surface area contributed by atoms with Crippen molar-refractivity contribution in [2.24, 2.45) is 0 Å². The van der Waals surface area contributed by atoms with Crippen molar-refractivity contribution in [2.75, 3.05) is 5.73 Å². The van der Waals surface area contributed by atoms with Crippen LogP contribution in [0, 0.1) is 0 Å². The summed E-state index contributed by atoms with van der Waals surface area (Å²) in [4.78, 5) is 42.1. The molecular weight excluding hydrogens is 358 g/mol. The first kappa shape index (κ1) is 18.1. The first-order chi connectivity index (χ1) is 13.5. The lowest BCUT2D eigenvalue weighted by Crippen LogP contribution is -2.52. The van der Waals surface area contributed by atoms with Gasteiger partial charge in [0.25, 0.3) is 5.91 Å². The maximum Gasteiger partial charge on any atom is 0.255 e. The number of nitrogen functional groups attached to an aromatic ring is 1. The third kappa shape index (κ3) is 3.59. The van der Waals surface area contributed by atoms with E-state index in [0.717, 1.165) is 16.8 Å². The highest BCUT2D eigenvalue weighted by atomic mass is 16.2. The van der Waals surface area contributed by atoms with E-state index in [-0.39, 0.29) is 18.2 Å². The molecule has 0 radical (unpaired) electrons. The molecule has 0 bridgehead atoms. The number of aromatic nitrogens is 1.